The molecular formula is C15H22N4O. The SMILES string of the molecule is CCC1CCCCN1C(=O)c1cnc(NC2CC2)cn1. The van der Waals surface area contributed by atoms with Gasteiger partial charge in [0.15, 0.2) is 0 Å². The summed E-state index contributed by atoms with van der Waals surface area (Å²) >= 11 is 0. The van der Waals surface area contributed by atoms with Crippen molar-refractivity contribution in [2.45, 2.75) is 57.5 Å². The summed E-state index contributed by atoms with van der Waals surface area (Å²) in [6.45, 7) is 2.99. The summed E-state index contributed by atoms with van der Waals surface area (Å²) in [7, 11) is 0. The number of anilines is 1. The summed E-state index contributed by atoms with van der Waals surface area (Å²) < 4.78 is 0. The lowest BCUT2D eigenvalue weighted by atomic mass is 10.00. The highest BCUT2D eigenvalue weighted by atomic mass is 16.2. The van der Waals surface area contributed by atoms with Crippen LogP contribution in [0.15, 0.2) is 12.4 Å². The van der Waals surface area contributed by atoms with Gasteiger partial charge in [-0.2, -0.15) is 0 Å². The molecule has 0 spiro atoms. The van der Waals surface area contributed by atoms with Crippen molar-refractivity contribution < 1.29 is 4.79 Å². The Bertz CT molecular complexity index is 469. The molecule has 2 fully saturated rings. The number of carbonyl (C=O) groups is 1. The van der Waals surface area contributed by atoms with Crippen LogP contribution in [0.5, 0.6) is 0 Å². The lowest BCUT2D eigenvalue weighted by molar-refractivity contribution is 0.0601. The third-order valence-electron chi connectivity index (χ3n) is 4.16. The van der Waals surface area contributed by atoms with E-state index in [0.717, 1.165) is 31.6 Å². The average molecular weight is 274 g/mol. The molecule has 2 aliphatic rings. The van der Waals surface area contributed by atoms with Gasteiger partial charge in [-0.1, -0.05) is 6.92 Å². The summed E-state index contributed by atoms with van der Waals surface area (Å²) in [5.41, 5.74) is 0.465. The van der Waals surface area contributed by atoms with Crippen molar-refractivity contribution in [2.24, 2.45) is 0 Å². The molecule has 20 heavy (non-hydrogen) atoms. The van der Waals surface area contributed by atoms with Gasteiger partial charge in [-0.15, -0.1) is 0 Å². The fourth-order valence-electron chi connectivity index (χ4n) is 2.79. The van der Waals surface area contributed by atoms with Crippen LogP contribution in [-0.4, -0.2) is 39.4 Å². The summed E-state index contributed by atoms with van der Waals surface area (Å²) in [6.07, 6.45) is 10.1. The van der Waals surface area contributed by atoms with E-state index in [-0.39, 0.29) is 5.91 Å². The molecule has 3 rings (SSSR count). The number of aromatic nitrogens is 2. The molecule has 0 bridgehead atoms. The van der Waals surface area contributed by atoms with E-state index >= 15 is 0 Å². The Labute approximate surface area is 119 Å². The predicted octanol–water partition coefficient (Wildman–Crippen LogP) is 2.46. The standard InChI is InChI=1S/C15H22N4O/c1-2-12-5-3-4-8-19(12)15(20)13-9-17-14(10-16-13)18-11-6-7-11/h9-12H,2-8H2,1H3,(H,17,18). The first kappa shape index (κ1) is 13.3. The molecule has 1 saturated heterocycles. The minimum Gasteiger partial charge on any atom is -0.366 e. The third-order valence-corrected chi connectivity index (χ3v) is 4.16. The Morgan fingerprint density at radius 2 is 2.15 bits per heavy atom. The highest BCUT2D eigenvalue weighted by molar-refractivity contribution is 5.92. The molecule has 1 atom stereocenters. The molecule has 1 aliphatic heterocycles. The molecule has 0 aromatic carbocycles. The number of nitrogens with zero attached hydrogens (tertiary/aromatic N) is 3. The molecule has 0 radical (unpaired) electrons. The quantitative estimate of drug-likeness (QED) is 0.916. The van der Waals surface area contributed by atoms with Crippen LogP contribution in [0.3, 0.4) is 0 Å². The van der Waals surface area contributed by atoms with Crippen LogP contribution in [0.4, 0.5) is 5.82 Å². The van der Waals surface area contributed by atoms with Crippen molar-refractivity contribution in [3.63, 3.8) is 0 Å². The van der Waals surface area contributed by atoms with E-state index in [1.807, 2.05) is 4.90 Å². The molecule has 1 saturated carbocycles. The van der Waals surface area contributed by atoms with Crippen LogP contribution in [-0.2, 0) is 0 Å². The number of piperidine rings is 1. The van der Waals surface area contributed by atoms with Crippen LogP contribution >= 0.6 is 0 Å². The van der Waals surface area contributed by atoms with Crippen LogP contribution in [0.25, 0.3) is 0 Å². The van der Waals surface area contributed by atoms with E-state index < -0.39 is 0 Å². The Morgan fingerprint density at radius 1 is 1.30 bits per heavy atom. The van der Waals surface area contributed by atoms with Crippen molar-refractivity contribution in [3.8, 4) is 0 Å². The molecule has 1 amide bonds. The number of hydrogen-bond donors (Lipinski definition) is 1. The summed E-state index contributed by atoms with van der Waals surface area (Å²) in [4.78, 5) is 23.1. The summed E-state index contributed by atoms with van der Waals surface area (Å²) in [5, 5.41) is 3.28. The first-order valence-electron chi connectivity index (χ1n) is 7.67. The zero-order valence-electron chi connectivity index (χ0n) is 12.0. The molecule has 5 heteroatoms. The highest BCUT2D eigenvalue weighted by Crippen LogP contribution is 2.24. The van der Waals surface area contributed by atoms with Gasteiger partial charge in [0.1, 0.15) is 11.5 Å². The molecule has 1 unspecified atom stereocenters. The maximum absolute atomic E-state index is 12.5. The zero-order valence-corrected chi connectivity index (χ0v) is 12.0. The van der Waals surface area contributed by atoms with Gasteiger partial charge in [0, 0.05) is 18.6 Å². The number of likely N-dealkylation sites (tertiary alicyclic amines) is 1. The van der Waals surface area contributed by atoms with E-state index in [0.29, 0.717) is 17.8 Å². The minimum atomic E-state index is 0.0296. The summed E-state index contributed by atoms with van der Waals surface area (Å²) in [6, 6.07) is 0.916. The van der Waals surface area contributed by atoms with Gasteiger partial charge >= 0.3 is 0 Å². The molecule has 5 nitrogen and oxygen atoms in total. The lowest BCUT2D eigenvalue weighted by Crippen LogP contribution is -2.43. The largest absolute Gasteiger partial charge is 0.366 e. The van der Waals surface area contributed by atoms with Crippen LogP contribution in [0, 0.1) is 0 Å². The van der Waals surface area contributed by atoms with Crippen LogP contribution in [0.1, 0.15) is 55.9 Å². The minimum absolute atomic E-state index is 0.0296. The third kappa shape index (κ3) is 2.92. The Hall–Kier alpha value is -1.65. The van der Waals surface area contributed by atoms with Gasteiger partial charge in [-0.3, -0.25) is 4.79 Å². The average Bonchev–Trinajstić information content (AvgIpc) is 3.31. The Morgan fingerprint density at radius 3 is 2.80 bits per heavy atom. The van der Waals surface area contributed by atoms with E-state index in [2.05, 4.69) is 22.2 Å². The normalized spacial score (nSPS) is 22.6. The van der Waals surface area contributed by atoms with E-state index in [1.54, 1.807) is 12.4 Å². The summed E-state index contributed by atoms with van der Waals surface area (Å²) in [5.74, 6) is 0.803. The second kappa shape index (κ2) is 5.77. The molecule has 108 valence electrons. The Kier molecular flexibility index (Phi) is 3.85. The zero-order chi connectivity index (χ0) is 13.9. The number of carbonyl (C=O) groups excluding carboxylic acids is 1. The van der Waals surface area contributed by atoms with Gasteiger partial charge in [-0.25, -0.2) is 9.97 Å². The van der Waals surface area contributed by atoms with Gasteiger partial charge in [0.05, 0.1) is 12.4 Å². The fraction of sp³-hybridized carbons (Fsp3) is 0.667. The van der Waals surface area contributed by atoms with Gasteiger partial charge < -0.3 is 10.2 Å². The molecule has 1 aromatic rings. The molecule has 2 heterocycles. The van der Waals surface area contributed by atoms with E-state index in [9.17, 15) is 4.79 Å². The van der Waals surface area contributed by atoms with Crippen molar-refractivity contribution in [1.29, 1.82) is 0 Å². The highest BCUT2D eigenvalue weighted by Gasteiger charge is 2.27. The van der Waals surface area contributed by atoms with Gasteiger partial charge in [-0.05, 0) is 38.5 Å². The van der Waals surface area contributed by atoms with Gasteiger partial charge in [0.25, 0.3) is 5.91 Å². The first-order valence-corrected chi connectivity index (χ1v) is 7.67. The monoisotopic (exact) mass is 274 g/mol. The maximum atomic E-state index is 12.5. The van der Waals surface area contributed by atoms with Crippen LogP contribution in [0.2, 0.25) is 0 Å². The Balaban J connectivity index is 1.68. The molecule has 1 aromatic heterocycles. The van der Waals surface area contributed by atoms with Gasteiger partial charge in [0.2, 0.25) is 0 Å². The van der Waals surface area contributed by atoms with Crippen molar-refractivity contribution in [1.82, 2.24) is 14.9 Å². The fourth-order valence-corrected chi connectivity index (χ4v) is 2.79. The number of nitrogens with one attached hydrogen (secondary N) is 1. The number of hydrogen-bond acceptors (Lipinski definition) is 4. The second-order valence-electron chi connectivity index (χ2n) is 5.76. The maximum Gasteiger partial charge on any atom is 0.274 e. The number of rotatable bonds is 4. The van der Waals surface area contributed by atoms with Crippen LogP contribution < -0.4 is 5.32 Å². The van der Waals surface area contributed by atoms with E-state index in [1.165, 1.54) is 19.3 Å². The predicted molar refractivity (Wildman–Crippen MR) is 77.6 cm³/mol. The van der Waals surface area contributed by atoms with Crippen molar-refractivity contribution >= 4 is 11.7 Å². The lowest BCUT2D eigenvalue weighted by Gasteiger charge is -2.34. The van der Waals surface area contributed by atoms with Crippen molar-refractivity contribution in [2.75, 3.05) is 11.9 Å². The second-order valence-corrected chi connectivity index (χ2v) is 5.76. The molecular weight excluding hydrogens is 252 g/mol. The smallest absolute Gasteiger partial charge is 0.274 e. The van der Waals surface area contributed by atoms with E-state index in [4.69, 9.17) is 0 Å². The topological polar surface area (TPSA) is 58.1 Å². The molecule has 1 N–H and O–H groups in total. The molecule has 1 aliphatic carbocycles. The number of amides is 1. The first-order chi connectivity index (χ1) is 9.78. The van der Waals surface area contributed by atoms with Crippen molar-refractivity contribution in [3.05, 3.63) is 18.1 Å².